The molecule has 1 fully saturated rings. The summed E-state index contributed by atoms with van der Waals surface area (Å²) in [5.41, 5.74) is 2.24. The Kier molecular flexibility index (Phi) is 3.12. The molecule has 0 N–H and O–H groups in total. The first-order valence-corrected chi connectivity index (χ1v) is 6.22. The van der Waals surface area contributed by atoms with Gasteiger partial charge in [0.05, 0.1) is 16.9 Å². The molecule has 0 aromatic carbocycles. The van der Waals surface area contributed by atoms with Gasteiger partial charge in [-0.3, -0.25) is 4.98 Å². The van der Waals surface area contributed by atoms with Crippen molar-refractivity contribution in [3.63, 3.8) is 0 Å². The molecular formula is C14H20BNO2. The van der Waals surface area contributed by atoms with Gasteiger partial charge in [0.2, 0.25) is 0 Å². The molecule has 0 saturated carbocycles. The fourth-order valence-corrected chi connectivity index (χ4v) is 2.02. The van der Waals surface area contributed by atoms with Crippen LogP contribution in [-0.4, -0.2) is 23.3 Å². The van der Waals surface area contributed by atoms with Crippen LogP contribution in [-0.2, 0) is 9.31 Å². The van der Waals surface area contributed by atoms with E-state index in [9.17, 15) is 0 Å². The summed E-state index contributed by atoms with van der Waals surface area (Å²) in [4.78, 5) is 4.32. The molecule has 0 spiro atoms. The first-order chi connectivity index (χ1) is 8.28. The smallest absolute Gasteiger partial charge is 0.399 e. The van der Waals surface area contributed by atoms with Crippen molar-refractivity contribution in [1.29, 1.82) is 0 Å². The molecule has 1 saturated heterocycles. The molecule has 2 heterocycles. The molecule has 96 valence electrons. The van der Waals surface area contributed by atoms with Gasteiger partial charge in [0.15, 0.2) is 0 Å². The molecule has 4 heteroatoms. The van der Waals surface area contributed by atoms with E-state index >= 15 is 0 Å². The first-order valence-electron chi connectivity index (χ1n) is 6.22. The van der Waals surface area contributed by atoms with E-state index in [4.69, 9.17) is 9.31 Å². The zero-order chi connectivity index (χ0) is 13.6. The van der Waals surface area contributed by atoms with Crippen LogP contribution < -0.4 is 5.46 Å². The van der Waals surface area contributed by atoms with E-state index in [2.05, 4.69) is 11.6 Å². The second kappa shape index (κ2) is 4.21. The lowest BCUT2D eigenvalue weighted by Gasteiger charge is -2.32. The summed E-state index contributed by atoms with van der Waals surface area (Å²) in [6.07, 6.45) is 3.52. The van der Waals surface area contributed by atoms with Crippen LogP contribution in [0.15, 0.2) is 18.8 Å². The lowest BCUT2D eigenvalue weighted by Crippen LogP contribution is -2.41. The fourth-order valence-electron chi connectivity index (χ4n) is 2.02. The molecule has 0 radical (unpaired) electrons. The third kappa shape index (κ3) is 2.00. The molecule has 1 aliphatic rings. The Labute approximate surface area is 109 Å². The molecule has 1 aromatic rings. The highest BCUT2D eigenvalue weighted by atomic mass is 16.7. The van der Waals surface area contributed by atoms with Gasteiger partial charge in [-0.2, -0.15) is 0 Å². The highest BCUT2D eigenvalue weighted by Gasteiger charge is 2.52. The van der Waals surface area contributed by atoms with Gasteiger partial charge in [0.1, 0.15) is 0 Å². The van der Waals surface area contributed by atoms with Crippen molar-refractivity contribution in [2.45, 2.75) is 45.8 Å². The minimum Gasteiger partial charge on any atom is -0.399 e. The first kappa shape index (κ1) is 13.3. The van der Waals surface area contributed by atoms with Crippen molar-refractivity contribution >= 4 is 18.7 Å². The summed E-state index contributed by atoms with van der Waals surface area (Å²) in [6, 6.07) is 1.97. The zero-order valence-electron chi connectivity index (χ0n) is 11.8. The predicted octanol–water partition coefficient (Wildman–Crippen LogP) is 2.33. The van der Waals surface area contributed by atoms with Gasteiger partial charge < -0.3 is 9.31 Å². The molecule has 2 rings (SSSR count). The van der Waals surface area contributed by atoms with Gasteiger partial charge in [0.25, 0.3) is 0 Å². The van der Waals surface area contributed by atoms with Crippen molar-refractivity contribution in [3.05, 3.63) is 30.1 Å². The summed E-state index contributed by atoms with van der Waals surface area (Å²) in [5, 5.41) is 0. The Hall–Kier alpha value is -1.13. The Morgan fingerprint density at radius 2 is 1.78 bits per heavy atom. The molecule has 0 aliphatic carbocycles. The van der Waals surface area contributed by atoms with E-state index < -0.39 is 0 Å². The minimum atomic E-state index is -0.378. The van der Waals surface area contributed by atoms with Gasteiger partial charge in [0, 0.05) is 11.7 Å². The van der Waals surface area contributed by atoms with E-state index in [0.29, 0.717) is 0 Å². The third-order valence-corrected chi connectivity index (χ3v) is 3.92. The van der Waals surface area contributed by atoms with Crippen molar-refractivity contribution in [3.8, 4) is 0 Å². The van der Waals surface area contributed by atoms with E-state index in [0.717, 1.165) is 16.7 Å². The van der Waals surface area contributed by atoms with Gasteiger partial charge in [-0.25, -0.2) is 0 Å². The monoisotopic (exact) mass is 245 g/mol. The summed E-state index contributed by atoms with van der Waals surface area (Å²) < 4.78 is 12.1. The van der Waals surface area contributed by atoms with Crippen LogP contribution >= 0.6 is 0 Å². The molecule has 18 heavy (non-hydrogen) atoms. The Bertz CT molecular complexity index is 467. The van der Waals surface area contributed by atoms with Crippen molar-refractivity contribution in [2.75, 3.05) is 0 Å². The van der Waals surface area contributed by atoms with Gasteiger partial charge >= 0.3 is 7.12 Å². The molecule has 1 aliphatic heterocycles. The normalized spacial score (nSPS) is 21.1. The maximum Gasteiger partial charge on any atom is 0.497 e. The predicted molar refractivity (Wildman–Crippen MR) is 74.8 cm³/mol. The summed E-state index contributed by atoms with van der Waals surface area (Å²) >= 11 is 0. The largest absolute Gasteiger partial charge is 0.497 e. The third-order valence-electron chi connectivity index (χ3n) is 3.92. The molecule has 0 unspecified atom stereocenters. The van der Waals surface area contributed by atoms with Gasteiger partial charge in [-0.05, 0) is 52.3 Å². The minimum absolute atomic E-state index is 0.335. The van der Waals surface area contributed by atoms with Crippen LogP contribution in [0.25, 0.3) is 6.08 Å². The molecule has 0 amide bonds. The maximum atomic E-state index is 6.06. The number of rotatable bonds is 2. The molecule has 0 atom stereocenters. The lowest BCUT2D eigenvalue weighted by molar-refractivity contribution is 0.00578. The van der Waals surface area contributed by atoms with Crippen molar-refractivity contribution < 1.29 is 9.31 Å². The molecule has 1 aromatic heterocycles. The van der Waals surface area contributed by atoms with Gasteiger partial charge in [-0.15, -0.1) is 0 Å². The van der Waals surface area contributed by atoms with Crippen LogP contribution in [0.3, 0.4) is 0 Å². The van der Waals surface area contributed by atoms with Crippen molar-refractivity contribution in [2.24, 2.45) is 0 Å². The second-order valence-corrected chi connectivity index (χ2v) is 5.72. The topological polar surface area (TPSA) is 31.4 Å². The Balaban J connectivity index is 2.44. The summed E-state index contributed by atoms with van der Waals surface area (Å²) in [5.74, 6) is 0. The van der Waals surface area contributed by atoms with Crippen LogP contribution in [0, 0.1) is 6.92 Å². The summed E-state index contributed by atoms with van der Waals surface area (Å²) in [6.45, 7) is 14.0. The fraction of sp³-hybridized carbons (Fsp3) is 0.500. The number of nitrogens with zero attached hydrogens (tertiary/aromatic N) is 1. The highest BCUT2D eigenvalue weighted by molar-refractivity contribution is 6.63. The van der Waals surface area contributed by atoms with Crippen LogP contribution in [0.5, 0.6) is 0 Å². The number of aryl methyl sites for hydroxylation is 1. The second-order valence-electron chi connectivity index (χ2n) is 5.72. The lowest BCUT2D eigenvalue weighted by atomic mass is 9.75. The van der Waals surface area contributed by atoms with Crippen LogP contribution in [0.2, 0.25) is 0 Å². The maximum absolute atomic E-state index is 6.06. The quantitative estimate of drug-likeness (QED) is 0.749. The standard InChI is InChI=1S/C14H20BNO2/c1-7-11-12(10(2)8-9-16-11)15-17-13(3,4)14(5,6)18-15/h7-9H,1H2,2-6H3. The van der Waals surface area contributed by atoms with E-state index in [1.165, 1.54) is 0 Å². The van der Waals surface area contributed by atoms with Crippen molar-refractivity contribution in [1.82, 2.24) is 4.98 Å². The van der Waals surface area contributed by atoms with E-state index in [1.807, 2.05) is 40.7 Å². The molecule has 3 nitrogen and oxygen atoms in total. The van der Waals surface area contributed by atoms with E-state index in [1.54, 1.807) is 12.3 Å². The average Bonchev–Trinajstić information content (AvgIpc) is 2.47. The van der Waals surface area contributed by atoms with Crippen LogP contribution in [0.4, 0.5) is 0 Å². The van der Waals surface area contributed by atoms with Crippen LogP contribution in [0.1, 0.15) is 39.0 Å². The molecular weight excluding hydrogens is 225 g/mol. The average molecular weight is 245 g/mol. The SMILES string of the molecule is C=Cc1nccc(C)c1B1OC(C)(C)C(C)(C)O1. The highest BCUT2D eigenvalue weighted by Crippen LogP contribution is 2.36. The summed E-state index contributed by atoms with van der Waals surface area (Å²) in [7, 11) is -0.378. The van der Waals surface area contributed by atoms with Gasteiger partial charge in [-0.1, -0.05) is 6.58 Å². The number of aromatic nitrogens is 1. The van der Waals surface area contributed by atoms with E-state index in [-0.39, 0.29) is 18.3 Å². The number of hydrogen-bond donors (Lipinski definition) is 0. The number of hydrogen-bond acceptors (Lipinski definition) is 3. The Morgan fingerprint density at radius 1 is 1.22 bits per heavy atom. The number of pyridine rings is 1. The Morgan fingerprint density at radius 3 is 2.28 bits per heavy atom. The zero-order valence-corrected chi connectivity index (χ0v) is 11.8. The molecule has 0 bridgehead atoms.